The van der Waals surface area contributed by atoms with E-state index in [1.165, 1.54) is 31.6 Å². The molecule has 1 aliphatic rings. The zero-order chi connectivity index (χ0) is 30.3. The summed E-state index contributed by atoms with van der Waals surface area (Å²) in [6.07, 6.45) is 2.90. The summed E-state index contributed by atoms with van der Waals surface area (Å²) in [5, 5.41) is 0.856. The highest BCUT2D eigenvalue weighted by Gasteiger charge is 2.42. The van der Waals surface area contributed by atoms with Crippen molar-refractivity contribution in [1.82, 2.24) is 4.90 Å². The van der Waals surface area contributed by atoms with Crippen molar-refractivity contribution < 1.29 is 32.0 Å². The lowest BCUT2D eigenvalue weighted by atomic mass is 9.80. The van der Waals surface area contributed by atoms with Crippen molar-refractivity contribution in [1.29, 1.82) is 0 Å². The normalized spacial score (nSPS) is 15.7. The average Bonchev–Trinajstić information content (AvgIpc) is 3.42. The van der Waals surface area contributed by atoms with Crippen LogP contribution in [0.2, 0.25) is 10.0 Å². The molecule has 218 valence electrons. The molecule has 1 unspecified atom stereocenters. The quantitative estimate of drug-likeness (QED) is 0.284. The second-order valence-electron chi connectivity index (χ2n) is 10.1. The summed E-state index contributed by atoms with van der Waals surface area (Å²) >= 11 is 13.1. The summed E-state index contributed by atoms with van der Waals surface area (Å²) in [6.45, 7) is 0.142. The summed E-state index contributed by atoms with van der Waals surface area (Å²) in [7, 11) is -2.29. The summed E-state index contributed by atoms with van der Waals surface area (Å²) in [5.41, 5.74) is 7.89. The molecule has 0 saturated carbocycles. The number of halogens is 2. The first-order valence-corrected chi connectivity index (χ1v) is 15.5. The molecule has 0 radical (unpaired) electrons. The molecule has 0 fully saturated rings. The minimum Gasteiger partial charge on any atom is -0.469 e. The fourth-order valence-electron chi connectivity index (χ4n) is 5.51. The third kappa shape index (κ3) is 5.49. The van der Waals surface area contributed by atoms with Gasteiger partial charge in [-0.3, -0.25) is 14.4 Å². The second kappa shape index (κ2) is 11.4. The Morgan fingerprint density at radius 3 is 2.57 bits per heavy atom. The van der Waals surface area contributed by atoms with E-state index in [9.17, 15) is 22.8 Å². The van der Waals surface area contributed by atoms with Crippen LogP contribution in [0, 0.1) is 5.92 Å². The number of carbonyl (C=O) groups excluding carboxylic acids is 3. The molecule has 0 bridgehead atoms. The Balaban J connectivity index is 1.68. The van der Waals surface area contributed by atoms with Gasteiger partial charge in [-0.15, -0.1) is 0 Å². The Bertz CT molecular complexity index is 1850. The van der Waals surface area contributed by atoms with Crippen LogP contribution in [0.15, 0.2) is 70.2 Å². The van der Waals surface area contributed by atoms with Gasteiger partial charge < -0.3 is 19.8 Å². The van der Waals surface area contributed by atoms with Crippen molar-refractivity contribution in [3.63, 3.8) is 0 Å². The molecule has 0 saturated heterocycles. The van der Waals surface area contributed by atoms with Gasteiger partial charge >= 0.3 is 5.97 Å². The molecule has 42 heavy (non-hydrogen) atoms. The van der Waals surface area contributed by atoms with Crippen LogP contribution in [0.1, 0.15) is 43.4 Å². The zero-order valence-electron chi connectivity index (χ0n) is 22.6. The van der Waals surface area contributed by atoms with E-state index < -0.39 is 33.7 Å². The maximum atomic E-state index is 14.1. The van der Waals surface area contributed by atoms with E-state index in [1.807, 2.05) is 0 Å². The van der Waals surface area contributed by atoms with Gasteiger partial charge in [0.2, 0.25) is 0 Å². The summed E-state index contributed by atoms with van der Waals surface area (Å²) in [4.78, 5) is 41.3. The zero-order valence-corrected chi connectivity index (χ0v) is 24.9. The number of nitrogens with two attached hydrogens (primary N) is 1. The lowest BCUT2D eigenvalue weighted by Gasteiger charge is -2.41. The molecule has 2 N–H and O–H groups in total. The van der Waals surface area contributed by atoms with Crippen molar-refractivity contribution in [2.24, 2.45) is 11.7 Å². The molecule has 4 aromatic rings. The number of hydrogen-bond donors (Lipinski definition) is 1. The second-order valence-corrected chi connectivity index (χ2v) is 12.9. The van der Waals surface area contributed by atoms with E-state index in [-0.39, 0.29) is 45.8 Å². The molecule has 0 aliphatic carbocycles. The molecule has 2 amide bonds. The molecule has 0 spiro atoms. The number of ether oxygens (including phenoxy) is 1. The lowest BCUT2D eigenvalue weighted by Crippen LogP contribution is -2.46. The highest BCUT2D eigenvalue weighted by Crippen LogP contribution is 2.44. The van der Waals surface area contributed by atoms with Crippen LogP contribution in [0.3, 0.4) is 0 Å². The van der Waals surface area contributed by atoms with Gasteiger partial charge in [0, 0.05) is 23.8 Å². The molecular weight excluding hydrogens is 603 g/mol. The standard InChI is InChI=1S/C30H26Cl2N2O7S/c1-40-30(37)22(13-16-4-3-5-19(12-16)42(2,38)39)27-21-15-23(31)25(28(33)35)26(32)20(21)8-10-34(27)29(36)18-7-6-17-9-11-41-24(17)14-18/h3-7,9,11-12,14-15,22,27H,8,10,13H2,1-2H3,(H2,33,35)/t22-,27?/m0/s1. The van der Waals surface area contributed by atoms with E-state index in [4.69, 9.17) is 38.1 Å². The molecule has 12 heteroatoms. The fourth-order valence-corrected chi connectivity index (χ4v) is 6.95. The number of nitrogens with zero attached hydrogens (tertiary/aromatic N) is 1. The number of fused-ring (bicyclic) bond motifs is 2. The van der Waals surface area contributed by atoms with E-state index >= 15 is 0 Å². The molecular formula is C30H26Cl2N2O7S. The highest BCUT2D eigenvalue weighted by atomic mass is 35.5. The Hall–Kier alpha value is -3.86. The van der Waals surface area contributed by atoms with Gasteiger partial charge in [-0.1, -0.05) is 41.4 Å². The molecule has 9 nitrogen and oxygen atoms in total. The molecule has 2 heterocycles. The minimum atomic E-state index is -3.53. The van der Waals surface area contributed by atoms with Gasteiger partial charge in [0.05, 0.1) is 45.8 Å². The van der Waals surface area contributed by atoms with Crippen LogP contribution in [0.4, 0.5) is 0 Å². The third-order valence-electron chi connectivity index (χ3n) is 7.49. The first-order chi connectivity index (χ1) is 19.9. The molecule has 3 aromatic carbocycles. The van der Waals surface area contributed by atoms with Crippen LogP contribution >= 0.6 is 23.2 Å². The number of primary amides is 1. The Morgan fingerprint density at radius 1 is 1.12 bits per heavy atom. The minimum absolute atomic E-state index is 0.0218. The van der Waals surface area contributed by atoms with Gasteiger partial charge in [0.15, 0.2) is 9.84 Å². The Morgan fingerprint density at radius 2 is 1.88 bits per heavy atom. The number of amides is 2. The lowest BCUT2D eigenvalue weighted by molar-refractivity contribution is -0.147. The SMILES string of the molecule is COC(=O)[C@@H](Cc1cccc(S(C)(=O)=O)c1)C1c2cc(Cl)c(C(N)=O)c(Cl)c2CCN1C(=O)c1ccc2ccoc2c1. The predicted molar refractivity (Wildman–Crippen MR) is 157 cm³/mol. The van der Waals surface area contributed by atoms with E-state index in [2.05, 4.69) is 0 Å². The number of hydrogen-bond acceptors (Lipinski definition) is 7. The van der Waals surface area contributed by atoms with Crippen molar-refractivity contribution >= 4 is 61.8 Å². The number of furan rings is 1. The molecule has 1 aliphatic heterocycles. The summed E-state index contributed by atoms with van der Waals surface area (Å²) in [5.74, 6) is -2.83. The Kier molecular flexibility index (Phi) is 8.06. The monoisotopic (exact) mass is 628 g/mol. The van der Waals surface area contributed by atoms with Crippen LogP contribution in [0.5, 0.6) is 0 Å². The maximum absolute atomic E-state index is 14.1. The van der Waals surface area contributed by atoms with Gasteiger partial charge in [0.1, 0.15) is 5.58 Å². The van der Waals surface area contributed by atoms with E-state index in [0.717, 1.165) is 11.6 Å². The highest BCUT2D eigenvalue weighted by molar-refractivity contribution is 7.90. The molecule has 1 aromatic heterocycles. The van der Waals surface area contributed by atoms with Crippen LogP contribution in [-0.2, 0) is 32.2 Å². The van der Waals surface area contributed by atoms with Crippen molar-refractivity contribution in [3.8, 4) is 0 Å². The van der Waals surface area contributed by atoms with E-state index in [0.29, 0.717) is 27.8 Å². The molecule has 2 atom stereocenters. The van der Waals surface area contributed by atoms with Crippen LogP contribution in [-0.4, -0.2) is 51.0 Å². The van der Waals surface area contributed by atoms with Crippen molar-refractivity contribution in [2.45, 2.75) is 23.8 Å². The first kappa shape index (κ1) is 29.6. The Labute approximate surface area is 252 Å². The number of rotatable bonds is 7. The number of sulfone groups is 1. The first-order valence-electron chi connectivity index (χ1n) is 12.9. The number of carbonyl (C=O) groups is 3. The number of methoxy groups -OCH3 is 1. The number of benzene rings is 3. The largest absolute Gasteiger partial charge is 0.469 e. The van der Waals surface area contributed by atoms with Gasteiger partial charge in [-0.2, -0.15) is 0 Å². The average molecular weight is 630 g/mol. The van der Waals surface area contributed by atoms with Crippen LogP contribution in [0.25, 0.3) is 11.0 Å². The topological polar surface area (TPSA) is 137 Å². The fraction of sp³-hybridized carbons (Fsp3) is 0.233. The predicted octanol–water partition coefficient (Wildman–Crippen LogP) is 5.01. The number of esters is 1. The van der Waals surface area contributed by atoms with Gasteiger partial charge in [-0.25, -0.2) is 8.42 Å². The smallest absolute Gasteiger partial charge is 0.311 e. The van der Waals surface area contributed by atoms with Crippen molar-refractivity contribution in [2.75, 3.05) is 19.9 Å². The van der Waals surface area contributed by atoms with Gasteiger partial charge in [0.25, 0.3) is 11.8 Å². The van der Waals surface area contributed by atoms with E-state index in [1.54, 1.807) is 41.3 Å². The summed E-state index contributed by atoms with van der Waals surface area (Å²) < 4.78 is 35.2. The van der Waals surface area contributed by atoms with Gasteiger partial charge in [-0.05, 0) is 65.9 Å². The third-order valence-corrected chi connectivity index (χ3v) is 9.31. The van der Waals surface area contributed by atoms with Crippen LogP contribution < -0.4 is 5.73 Å². The summed E-state index contributed by atoms with van der Waals surface area (Å²) in [6, 6.07) is 13.6. The molecule has 5 rings (SSSR count). The van der Waals surface area contributed by atoms with Crippen molar-refractivity contribution in [3.05, 3.63) is 98.7 Å². The maximum Gasteiger partial charge on any atom is 0.311 e.